The summed E-state index contributed by atoms with van der Waals surface area (Å²) in [6.07, 6.45) is -0.718. The number of hydrogen-bond acceptors (Lipinski definition) is 5. The van der Waals surface area contributed by atoms with E-state index in [9.17, 15) is 14.4 Å². The highest BCUT2D eigenvalue weighted by Gasteiger charge is 2.45. The molecule has 7 nitrogen and oxygen atoms in total. The summed E-state index contributed by atoms with van der Waals surface area (Å²) in [6.45, 7) is 5.27. The van der Waals surface area contributed by atoms with Crippen LogP contribution in [0, 0.1) is 0 Å². The SMILES string of the molecule is CC(C)(C)OC(=O)NC(C(=O)NC1C(=O)NC1CSC(c1ccccc1)(c1ccccc1)c1ccccc1)c1ccccc1. The lowest BCUT2D eigenvalue weighted by molar-refractivity contribution is -0.136. The minimum atomic E-state index is -1.04. The van der Waals surface area contributed by atoms with Gasteiger partial charge in [0, 0.05) is 5.75 Å². The number of hydrogen-bond donors (Lipinski definition) is 3. The van der Waals surface area contributed by atoms with Crippen LogP contribution in [0.2, 0.25) is 0 Å². The van der Waals surface area contributed by atoms with E-state index in [0.29, 0.717) is 11.3 Å². The second-order valence-electron chi connectivity index (χ2n) is 11.7. The number of benzene rings is 4. The number of β-lactam (4-membered cyclic amide) rings is 1. The van der Waals surface area contributed by atoms with Crippen LogP contribution in [0.15, 0.2) is 121 Å². The Bertz CT molecular complexity index is 1460. The summed E-state index contributed by atoms with van der Waals surface area (Å²) < 4.78 is 4.85. The first-order valence-corrected chi connectivity index (χ1v) is 15.6. The molecule has 1 aliphatic rings. The van der Waals surface area contributed by atoms with E-state index in [1.54, 1.807) is 56.8 Å². The van der Waals surface area contributed by atoms with Gasteiger partial charge < -0.3 is 20.7 Å². The fourth-order valence-corrected chi connectivity index (χ4v) is 6.95. The predicted octanol–water partition coefficient (Wildman–Crippen LogP) is 5.96. The first kappa shape index (κ1) is 30.9. The highest BCUT2D eigenvalue weighted by molar-refractivity contribution is 8.00. The van der Waals surface area contributed by atoms with Gasteiger partial charge in [-0.3, -0.25) is 9.59 Å². The molecule has 5 rings (SSSR count). The van der Waals surface area contributed by atoms with Gasteiger partial charge in [-0.05, 0) is 43.0 Å². The third kappa shape index (κ3) is 6.97. The van der Waals surface area contributed by atoms with Gasteiger partial charge in [0.15, 0.2) is 0 Å². The molecule has 1 fully saturated rings. The number of thioether (sulfide) groups is 1. The van der Waals surface area contributed by atoms with Gasteiger partial charge in [0.1, 0.15) is 17.7 Å². The minimum absolute atomic E-state index is 0.266. The summed E-state index contributed by atoms with van der Waals surface area (Å²) in [4.78, 5) is 39.1. The van der Waals surface area contributed by atoms with E-state index in [1.165, 1.54) is 0 Å². The summed E-state index contributed by atoms with van der Waals surface area (Å²) >= 11 is 1.71. The zero-order valence-electron chi connectivity index (χ0n) is 25.0. The van der Waals surface area contributed by atoms with Gasteiger partial charge >= 0.3 is 6.09 Å². The number of rotatable bonds is 10. The average molecular weight is 608 g/mol. The normalized spacial score (nSPS) is 17.0. The zero-order chi connectivity index (χ0) is 31.2. The summed E-state index contributed by atoms with van der Waals surface area (Å²) in [5, 5.41) is 8.58. The van der Waals surface area contributed by atoms with E-state index in [4.69, 9.17) is 4.74 Å². The van der Waals surface area contributed by atoms with Crippen molar-refractivity contribution < 1.29 is 19.1 Å². The molecule has 3 unspecified atom stereocenters. The molecule has 3 amide bonds. The molecule has 1 aliphatic heterocycles. The maximum absolute atomic E-state index is 13.6. The van der Waals surface area contributed by atoms with E-state index in [2.05, 4.69) is 52.3 Å². The van der Waals surface area contributed by atoms with Gasteiger partial charge in [0.05, 0.1) is 10.8 Å². The van der Waals surface area contributed by atoms with Gasteiger partial charge in [-0.2, -0.15) is 0 Å². The average Bonchev–Trinajstić information content (AvgIpc) is 3.03. The van der Waals surface area contributed by atoms with E-state index in [0.717, 1.165) is 16.7 Å². The van der Waals surface area contributed by atoms with Crippen LogP contribution < -0.4 is 16.0 Å². The lowest BCUT2D eigenvalue weighted by atomic mass is 9.84. The fourth-order valence-electron chi connectivity index (χ4n) is 5.34. The molecule has 8 heteroatoms. The molecule has 0 aromatic heterocycles. The Hall–Kier alpha value is -4.56. The summed E-state index contributed by atoms with van der Waals surface area (Å²) in [7, 11) is 0. The Morgan fingerprint density at radius 1 is 0.773 bits per heavy atom. The molecule has 3 atom stereocenters. The molecule has 4 aromatic rings. The molecular weight excluding hydrogens is 570 g/mol. The molecule has 0 radical (unpaired) electrons. The molecule has 0 saturated carbocycles. The molecular formula is C36H37N3O4S. The topological polar surface area (TPSA) is 96.5 Å². The van der Waals surface area contributed by atoms with Gasteiger partial charge in [-0.1, -0.05) is 121 Å². The number of nitrogens with one attached hydrogen (secondary N) is 3. The lowest BCUT2D eigenvalue weighted by Gasteiger charge is -2.41. The number of carbonyl (C=O) groups excluding carboxylic acids is 3. The van der Waals surface area contributed by atoms with Crippen molar-refractivity contribution in [2.45, 2.75) is 49.2 Å². The van der Waals surface area contributed by atoms with Crippen LogP contribution in [0.1, 0.15) is 49.1 Å². The van der Waals surface area contributed by atoms with Gasteiger partial charge in [-0.25, -0.2) is 4.79 Å². The highest BCUT2D eigenvalue weighted by atomic mass is 32.2. The number of carbonyl (C=O) groups is 3. The fraction of sp³-hybridized carbons (Fsp3) is 0.250. The monoisotopic (exact) mass is 607 g/mol. The highest BCUT2D eigenvalue weighted by Crippen LogP contribution is 2.49. The van der Waals surface area contributed by atoms with Crippen LogP contribution in [0.3, 0.4) is 0 Å². The Balaban J connectivity index is 1.39. The number of amides is 3. The third-order valence-corrected chi connectivity index (χ3v) is 9.05. The lowest BCUT2D eigenvalue weighted by Crippen LogP contribution is -2.70. The Morgan fingerprint density at radius 3 is 1.66 bits per heavy atom. The van der Waals surface area contributed by atoms with Gasteiger partial charge in [-0.15, -0.1) is 11.8 Å². The molecule has 0 spiro atoms. The molecule has 4 aromatic carbocycles. The molecule has 226 valence electrons. The molecule has 0 bridgehead atoms. The van der Waals surface area contributed by atoms with Crippen molar-refractivity contribution in [1.29, 1.82) is 0 Å². The first-order chi connectivity index (χ1) is 21.2. The van der Waals surface area contributed by atoms with Gasteiger partial charge in [0.25, 0.3) is 0 Å². The van der Waals surface area contributed by atoms with Crippen molar-refractivity contribution in [3.8, 4) is 0 Å². The van der Waals surface area contributed by atoms with Crippen LogP contribution in [-0.4, -0.2) is 41.3 Å². The van der Waals surface area contributed by atoms with Crippen molar-refractivity contribution in [3.63, 3.8) is 0 Å². The molecule has 3 N–H and O–H groups in total. The van der Waals surface area contributed by atoms with Crippen LogP contribution in [0.5, 0.6) is 0 Å². The molecule has 1 heterocycles. The molecule has 44 heavy (non-hydrogen) atoms. The summed E-state index contributed by atoms with van der Waals surface area (Å²) in [5.74, 6) is -0.236. The molecule has 1 saturated heterocycles. The number of ether oxygens (including phenoxy) is 1. The Labute approximate surface area is 262 Å². The van der Waals surface area contributed by atoms with Crippen LogP contribution >= 0.6 is 11.8 Å². The van der Waals surface area contributed by atoms with Gasteiger partial charge in [0.2, 0.25) is 11.8 Å². The summed E-state index contributed by atoms with van der Waals surface area (Å²) in [6, 6.07) is 37.7. The van der Waals surface area contributed by atoms with Crippen molar-refractivity contribution in [3.05, 3.63) is 144 Å². The maximum atomic E-state index is 13.6. The van der Waals surface area contributed by atoms with Crippen LogP contribution in [0.4, 0.5) is 4.79 Å². The first-order valence-electron chi connectivity index (χ1n) is 14.6. The van der Waals surface area contributed by atoms with Crippen molar-refractivity contribution in [1.82, 2.24) is 16.0 Å². The van der Waals surface area contributed by atoms with E-state index in [-0.39, 0.29) is 11.9 Å². The quantitative estimate of drug-likeness (QED) is 0.153. The zero-order valence-corrected chi connectivity index (χ0v) is 25.8. The smallest absolute Gasteiger partial charge is 0.408 e. The number of alkyl carbamates (subject to hydrolysis) is 1. The van der Waals surface area contributed by atoms with Crippen molar-refractivity contribution in [2.75, 3.05) is 5.75 Å². The van der Waals surface area contributed by atoms with E-state index >= 15 is 0 Å². The van der Waals surface area contributed by atoms with Crippen molar-refractivity contribution >= 4 is 29.7 Å². The van der Waals surface area contributed by atoms with Crippen LogP contribution in [0.25, 0.3) is 0 Å². The minimum Gasteiger partial charge on any atom is -0.444 e. The second-order valence-corrected chi connectivity index (χ2v) is 12.9. The van der Waals surface area contributed by atoms with Crippen molar-refractivity contribution in [2.24, 2.45) is 0 Å². The Morgan fingerprint density at radius 2 is 1.23 bits per heavy atom. The summed E-state index contributed by atoms with van der Waals surface area (Å²) in [5.41, 5.74) is 3.18. The molecule has 0 aliphatic carbocycles. The van der Waals surface area contributed by atoms with Crippen LogP contribution in [-0.2, 0) is 19.1 Å². The van der Waals surface area contributed by atoms with E-state index < -0.39 is 34.4 Å². The Kier molecular flexibility index (Phi) is 9.40. The second kappa shape index (κ2) is 13.4. The third-order valence-electron chi connectivity index (χ3n) is 7.39. The standard InChI is InChI=1S/C36H37N3O4S/c1-35(2,3)43-34(42)39-30(25-16-8-4-9-17-25)32(40)38-31-29(37-33(31)41)24-44-36(26-18-10-5-11-19-26,27-20-12-6-13-21-27)28-22-14-7-15-23-28/h4-23,29-31H,24H2,1-3H3,(H,37,41)(H,38,40)(H,39,42). The van der Waals surface area contributed by atoms with E-state index in [1.807, 2.05) is 60.7 Å². The predicted molar refractivity (Wildman–Crippen MR) is 174 cm³/mol. The largest absolute Gasteiger partial charge is 0.444 e. The maximum Gasteiger partial charge on any atom is 0.408 e.